The summed E-state index contributed by atoms with van der Waals surface area (Å²) in [6, 6.07) is 8.02. The van der Waals surface area contributed by atoms with E-state index in [9.17, 15) is 8.42 Å². The molecule has 0 spiro atoms. The van der Waals surface area contributed by atoms with E-state index in [1.807, 2.05) is 38.1 Å². The van der Waals surface area contributed by atoms with Crippen molar-refractivity contribution in [1.29, 1.82) is 0 Å². The molecule has 0 amide bonds. The van der Waals surface area contributed by atoms with Crippen LogP contribution in [0.3, 0.4) is 0 Å². The fourth-order valence-corrected chi connectivity index (χ4v) is 5.27. The average molecular weight is 314 g/mol. The topological polar surface area (TPSA) is 40.6 Å². The van der Waals surface area contributed by atoms with E-state index < -0.39 is 10.0 Å². The van der Waals surface area contributed by atoms with Gasteiger partial charge in [0, 0.05) is 12.6 Å². The van der Waals surface area contributed by atoms with Gasteiger partial charge < -0.3 is 0 Å². The molecule has 0 aliphatic carbocycles. The molecule has 0 atom stereocenters. The van der Waals surface area contributed by atoms with Crippen LogP contribution >= 0.6 is 12.1 Å². The summed E-state index contributed by atoms with van der Waals surface area (Å²) in [5.41, 5.74) is 1.86. The maximum atomic E-state index is 12.6. The molecule has 0 radical (unpaired) electrons. The number of benzene rings is 1. The standard InChI is InChI=1S/C14H22N2O2S2/c1-11(2)10-20(17,18)16-14-8-6-5-7-13(14)9-15(19-16)12(3)4/h5-8,11-12H,9-10H2,1-4H3. The number of fused-ring (bicyclic) bond motifs is 1. The van der Waals surface area contributed by atoms with Crippen molar-refractivity contribution in [3.8, 4) is 0 Å². The van der Waals surface area contributed by atoms with Gasteiger partial charge in [0.1, 0.15) is 0 Å². The lowest BCUT2D eigenvalue weighted by Gasteiger charge is -2.37. The van der Waals surface area contributed by atoms with Crippen molar-refractivity contribution in [3.63, 3.8) is 0 Å². The van der Waals surface area contributed by atoms with E-state index in [-0.39, 0.29) is 17.7 Å². The van der Waals surface area contributed by atoms with Gasteiger partial charge in [-0.05, 0) is 31.4 Å². The third kappa shape index (κ3) is 3.30. The first-order valence-corrected chi connectivity index (χ1v) is 9.21. The van der Waals surface area contributed by atoms with Crippen molar-refractivity contribution >= 4 is 27.8 Å². The summed E-state index contributed by atoms with van der Waals surface area (Å²) in [5, 5.41) is 0. The van der Waals surface area contributed by atoms with Crippen molar-refractivity contribution in [3.05, 3.63) is 29.8 Å². The zero-order valence-corrected chi connectivity index (χ0v) is 14.0. The Hall–Kier alpha value is -0.720. The molecule has 1 aliphatic heterocycles. The van der Waals surface area contributed by atoms with Crippen LogP contribution in [0.15, 0.2) is 24.3 Å². The summed E-state index contributed by atoms with van der Waals surface area (Å²) < 4.78 is 28.8. The first-order chi connectivity index (χ1) is 9.31. The maximum absolute atomic E-state index is 12.6. The van der Waals surface area contributed by atoms with Gasteiger partial charge >= 0.3 is 0 Å². The molecule has 0 aromatic heterocycles. The number of sulfonamides is 1. The second-order valence-electron chi connectivity index (χ2n) is 5.78. The zero-order chi connectivity index (χ0) is 14.9. The molecular weight excluding hydrogens is 292 g/mol. The molecule has 0 fully saturated rings. The van der Waals surface area contributed by atoms with Crippen LogP contribution in [0.1, 0.15) is 33.3 Å². The largest absolute Gasteiger partial charge is 0.245 e. The highest BCUT2D eigenvalue weighted by atomic mass is 32.3. The van der Waals surface area contributed by atoms with Crippen LogP contribution in [0.2, 0.25) is 0 Å². The van der Waals surface area contributed by atoms with Crippen LogP contribution in [0, 0.1) is 5.92 Å². The maximum Gasteiger partial charge on any atom is 0.245 e. The minimum absolute atomic E-state index is 0.113. The van der Waals surface area contributed by atoms with Gasteiger partial charge in [0.25, 0.3) is 0 Å². The molecular formula is C14H22N2O2S2. The predicted molar refractivity (Wildman–Crippen MR) is 85.8 cm³/mol. The van der Waals surface area contributed by atoms with E-state index in [2.05, 4.69) is 18.2 Å². The van der Waals surface area contributed by atoms with E-state index in [1.54, 1.807) is 0 Å². The van der Waals surface area contributed by atoms with Crippen molar-refractivity contribution in [1.82, 2.24) is 4.31 Å². The molecule has 0 unspecified atom stereocenters. The van der Waals surface area contributed by atoms with Gasteiger partial charge in [0.05, 0.1) is 23.6 Å². The Morgan fingerprint density at radius 2 is 1.85 bits per heavy atom. The molecule has 2 rings (SSSR count). The van der Waals surface area contributed by atoms with E-state index in [0.717, 1.165) is 17.8 Å². The Bertz CT molecular complexity index is 570. The Kier molecular flexibility index (Phi) is 4.66. The van der Waals surface area contributed by atoms with E-state index in [0.29, 0.717) is 0 Å². The first-order valence-electron chi connectivity index (χ1n) is 6.87. The van der Waals surface area contributed by atoms with E-state index in [4.69, 9.17) is 0 Å². The van der Waals surface area contributed by atoms with Crippen LogP contribution in [-0.2, 0) is 16.6 Å². The minimum atomic E-state index is -3.31. The predicted octanol–water partition coefficient (Wildman–Crippen LogP) is 3.27. The molecule has 0 saturated carbocycles. The normalized spacial score (nSPS) is 16.8. The molecule has 0 saturated heterocycles. The average Bonchev–Trinajstić information content (AvgIpc) is 2.35. The van der Waals surface area contributed by atoms with Crippen LogP contribution < -0.4 is 3.71 Å². The van der Waals surface area contributed by atoms with Crippen LogP contribution in [0.4, 0.5) is 5.69 Å². The van der Waals surface area contributed by atoms with E-state index in [1.165, 1.54) is 15.8 Å². The zero-order valence-electron chi connectivity index (χ0n) is 12.4. The highest BCUT2D eigenvalue weighted by Crippen LogP contribution is 2.39. The first kappa shape index (κ1) is 15.7. The molecule has 0 N–H and O–H groups in total. The Balaban J connectivity index is 2.41. The number of hydrogen-bond donors (Lipinski definition) is 0. The molecule has 1 heterocycles. The minimum Gasteiger partial charge on any atom is -0.225 e. The fraction of sp³-hybridized carbons (Fsp3) is 0.571. The lowest BCUT2D eigenvalue weighted by atomic mass is 10.2. The Morgan fingerprint density at radius 1 is 1.20 bits per heavy atom. The summed E-state index contributed by atoms with van der Waals surface area (Å²) in [7, 11) is -3.31. The van der Waals surface area contributed by atoms with Crippen LogP contribution in [0.25, 0.3) is 0 Å². The fourth-order valence-electron chi connectivity index (χ4n) is 2.13. The number of nitrogens with zero attached hydrogens (tertiary/aromatic N) is 2. The van der Waals surface area contributed by atoms with Gasteiger partial charge in [-0.15, -0.1) is 0 Å². The monoisotopic (exact) mass is 314 g/mol. The van der Waals surface area contributed by atoms with E-state index >= 15 is 0 Å². The molecule has 6 heteroatoms. The molecule has 112 valence electrons. The SMILES string of the molecule is CC(C)CS(=O)(=O)N1SN(C(C)C)Cc2ccccc21. The summed E-state index contributed by atoms with van der Waals surface area (Å²) in [6.07, 6.45) is 0. The smallest absolute Gasteiger partial charge is 0.225 e. The second-order valence-corrected chi connectivity index (χ2v) is 8.87. The third-order valence-corrected chi connectivity index (χ3v) is 6.84. The number of para-hydroxylation sites is 1. The molecule has 1 aliphatic rings. The van der Waals surface area contributed by atoms with Crippen LogP contribution in [0.5, 0.6) is 0 Å². The third-order valence-electron chi connectivity index (χ3n) is 3.07. The van der Waals surface area contributed by atoms with Gasteiger partial charge in [-0.3, -0.25) is 0 Å². The summed E-state index contributed by atoms with van der Waals surface area (Å²) in [4.78, 5) is 0. The number of hydrogen-bond acceptors (Lipinski definition) is 4. The molecule has 1 aromatic rings. The van der Waals surface area contributed by atoms with Gasteiger partial charge in [0.2, 0.25) is 10.0 Å². The highest BCUT2D eigenvalue weighted by molar-refractivity contribution is 8.13. The summed E-state index contributed by atoms with van der Waals surface area (Å²) >= 11 is 1.31. The van der Waals surface area contributed by atoms with Crippen LogP contribution in [-0.4, -0.2) is 24.5 Å². The molecule has 4 nitrogen and oxygen atoms in total. The van der Waals surface area contributed by atoms with Crippen molar-refractivity contribution in [2.24, 2.45) is 5.92 Å². The van der Waals surface area contributed by atoms with Crippen molar-refractivity contribution in [2.75, 3.05) is 9.46 Å². The quantitative estimate of drug-likeness (QED) is 0.800. The highest BCUT2D eigenvalue weighted by Gasteiger charge is 2.33. The lowest BCUT2D eigenvalue weighted by Crippen LogP contribution is -2.39. The number of anilines is 1. The number of rotatable bonds is 4. The van der Waals surface area contributed by atoms with Crippen molar-refractivity contribution in [2.45, 2.75) is 40.3 Å². The Morgan fingerprint density at radius 3 is 2.45 bits per heavy atom. The lowest BCUT2D eigenvalue weighted by molar-refractivity contribution is 0.387. The molecule has 0 bridgehead atoms. The van der Waals surface area contributed by atoms with Gasteiger partial charge in [-0.2, -0.15) is 3.71 Å². The van der Waals surface area contributed by atoms with Gasteiger partial charge in [-0.1, -0.05) is 32.0 Å². The summed E-state index contributed by atoms with van der Waals surface area (Å²) in [5.74, 6) is 0.280. The summed E-state index contributed by atoms with van der Waals surface area (Å²) in [6.45, 7) is 8.78. The molecule has 20 heavy (non-hydrogen) atoms. The van der Waals surface area contributed by atoms with Gasteiger partial charge in [-0.25, -0.2) is 12.7 Å². The van der Waals surface area contributed by atoms with Crippen molar-refractivity contribution < 1.29 is 8.42 Å². The van der Waals surface area contributed by atoms with Gasteiger partial charge in [0.15, 0.2) is 0 Å². The second kappa shape index (κ2) is 5.95. The molecule has 1 aromatic carbocycles. The Labute approximate surface area is 126 Å².